The van der Waals surface area contributed by atoms with Crippen LogP contribution in [0.25, 0.3) is 0 Å². The van der Waals surface area contributed by atoms with Gasteiger partial charge in [0.2, 0.25) is 0 Å². The van der Waals surface area contributed by atoms with Gasteiger partial charge in [-0.1, -0.05) is 24.6 Å². The third-order valence-corrected chi connectivity index (χ3v) is 6.81. The van der Waals surface area contributed by atoms with Gasteiger partial charge < -0.3 is 20.4 Å². The van der Waals surface area contributed by atoms with E-state index in [1.165, 1.54) is 5.57 Å². The van der Waals surface area contributed by atoms with Gasteiger partial charge in [0.15, 0.2) is 0 Å². The molecule has 0 saturated heterocycles. The van der Waals surface area contributed by atoms with Gasteiger partial charge in [-0.3, -0.25) is 0 Å². The maximum absolute atomic E-state index is 10.4. The van der Waals surface area contributed by atoms with Crippen LogP contribution in [-0.4, -0.2) is 46.9 Å². The minimum Gasteiger partial charge on any atom is -0.396 e. The zero-order valence-corrected chi connectivity index (χ0v) is 15.2. The topological polar surface area (TPSA) is 80.9 Å². The highest BCUT2D eigenvalue weighted by atomic mass is 16.3. The van der Waals surface area contributed by atoms with E-state index >= 15 is 0 Å². The highest BCUT2D eigenvalue weighted by Crippen LogP contribution is 2.63. The van der Waals surface area contributed by atoms with Gasteiger partial charge in [0.25, 0.3) is 0 Å². The van der Waals surface area contributed by atoms with Gasteiger partial charge in [0.1, 0.15) is 0 Å². The van der Waals surface area contributed by atoms with Crippen LogP contribution in [0.2, 0.25) is 0 Å². The van der Waals surface area contributed by atoms with Gasteiger partial charge in [0, 0.05) is 18.6 Å². The van der Waals surface area contributed by atoms with Crippen LogP contribution in [0.4, 0.5) is 0 Å². The van der Waals surface area contributed by atoms with Crippen molar-refractivity contribution in [2.45, 2.75) is 52.4 Å². The van der Waals surface area contributed by atoms with E-state index in [-0.39, 0.29) is 43.2 Å². The summed E-state index contributed by atoms with van der Waals surface area (Å²) in [6.07, 6.45) is 9.30. The molecule has 2 rings (SSSR count). The Kier molecular flexibility index (Phi) is 6.66. The lowest BCUT2D eigenvalue weighted by Gasteiger charge is -2.43. The van der Waals surface area contributed by atoms with Crippen molar-refractivity contribution in [3.63, 3.8) is 0 Å². The van der Waals surface area contributed by atoms with E-state index in [0.717, 1.165) is 37.7 Å². The largest absolute Gasteiger partial charge is 0.396 e. The lowest BCUT2D eigenvalue weighted by atomic mass is 9.63. The zero-order chi connectivity index (χ0) is 17.8. The Morgan fingerprint density at radius 2 is 2.00 bits per heavy atom. The molecule has 0 aliphatic heterocycles. The molecule has 4 atom stereocenters. The Bertz CT molecular complexity index is 484. The fourth-order valence-corrected chi connectivity index (χ4v) is 5.59. The Labute approximate surface area is 145 Å². The van der Waals surface area contributed by atoms with E-state index in [4.69, 9.17) is 5.11 Å². The second kappa shape index (κ2) is 8.13. The quantitative estimate of drug-likeness (QED) is 0.538. The van der Waals surface area contributed by atoms with Crippen LogP contribution in [0, 0.1) is 22.7 Å². The summed E-state index contributed by atoms with van der Waals surface area (Å²) in [4.78, 5) is 0. The summed E-state index contributed by atoms with van der Waals surface area (Å²) in [5, 5.41) is 39.2. The summed E-state index contributed by atoms with van der Waals surface area (Å²) in [5.74, 6) is 0.623. The number of rotatable bonds is 7. The summed E-state index contributed by atoms with van der Waals surface area (Å²) >= 11 is 0. The maximum Gasteiger partial charge on any atom is 0.0642 e. The summed E-state index contributed by atoms with van der Waals surface area (Å²) < 4.78 is 0. The second-order valence-corrected chi connectivity index (χ2v) is 8.08. The molecule has 0 aromatic heterocycles. The molecule has 0 bridgehead atoms. The van der Waals surface area contributed by atoms with Crippen molar-refractivity contribution in [1.82, 2.24) is 0 Å². The van der Waals surface area contributed by atoms with Crippen LogP contribution in [0.3, 0.4) is 0 Å². The highest BCUT2D eigenvalue weighted by molar-refractivity contribution is 5.16. The van der Waals surface area contributed by atoms with Gasteiger partial charge in [-0.2, -0.15) is 0 Å². The van der Waals surface area contributed by atoms with Crippen molar-refractivity contribution in [2.24, 2.45) is 22.7 Å². The lowest BCUT2D eigenvalue weighted by molar-refractivity contribution is -0.0103. The van der Waals surface area contributed by atoms with Crippen LogP contribution in [-0.2, 0) is 0 Å². The first-order valence-electron chi connectivity index (χ1n) is 9.25. The first-order chi connectivity index (χ1) is 11.5. The molecule has 138 valence electrons. The minimum atomic E-state index is -0.217. The van der Waals surface area contributed by atoms with Crippen molar-refractivity contribution in [3.8, 4) is 0 Å². The molecule has 2 aliphatic carbocycles. The minimum absolute atomic E-state index is 0.0487. The highest BCUT2D eigenvalue weighted by Gasteiger charge is 2.59. The fraction of sp³-hybridized carbons (Fsp3) is 0.800. The molecule has 0 amide bonds. The maximum atomic E-state index is 10.4. The van der Waals surface area contributed by atoms with E-state index in [1.54, 1.807) is 6.08 Å². The molecule has 0 radical (unpaired) electrons. The number of allylic oxidation sites excluding steroid dienone is 2. The predicted octanol–water partition coefficient (Wildman–Crippen LogP) is 2.42. The van der Waals surface area contributed by atoms with Crippen LogP contribution in [0.15, 0.2) is 23.3 Å². The number of hydrogen-bond donors (Lipinski definition) is 4. The molecule has 0 heterocycles. The first-order valence-corrected chi connectivity index (χ1v) is 9.25. The molecule has 2 aliphatic rings. The molecule has 0 aromatic carbocycles. The zero-order valence-electron chi connectivity index (χ0n) is 15.2. The first kappa shape index (κ1) is 19.6. The molecule has 1 saturated carbocycles. The lowest BCUT2D eigenvalue weighted by Crippen LogP contribution is -2.41. The Morgan fingerprint density at radius 3 is 2.58 bits per heavy atom. The molecular weight excluding hydrogens is 304 g/mol. The summed E-state index contributed by atoms with van der Waals surface area (Å²) in [7, 11) is 0. The van der Waals surface area contributed by atoms with E-state index < -0.39 is 0 Å². The van der Waals surface area contributed by atoms with Crippen molar-refractivity contribution in [1.29, 1.82) is 0 Å². The van der Waals surface area contributed by atoms with Crippen LogP contribution in [0.5, 0.6) is 0 Å². The molecule has 0 aromatic rings. The Morgan fingerprint density at radius 1 is 1.25 bits per heavy atom. The average Bonchev–Trinajstić information content (AvgIpc) is 2.69. The van der Waals surface area contributed by atoms with Crippen LogP contribution in [0.1, 0.15) is 52.4 Å². The predicted molar refractivity (Wildman–Crippen MR) is 95.4 cm³/mol. The van der Waals surface area contributed by atoms with Crippen LogP contribution >= 0.6 is 0 Å². The number of hydrogen-bond acceptors (Lipinski definition) is 4. The van der Waals surface area contributed by atoms with Gasteiger partial charge in [-0.05, 0) is 68.3 Å². The van der Waals surface area contributed by atoms with Crippen molar-refractivity contribution >= 4 is 0 Å². The van der Waals surface area contributed by atoms with E-state index in [0.29, 0.717) is 12.3 Å². The SMILES string of the molecule is CC1=CCCC2C(CO)(C1)CC(C)C2(CO)CC/C(=C/CO)CO. The molecule has 4 nitrogen and oxygen atoms in total. The number of aliphatic hydroxyl groups excluding tert-OH is 4. The van der Waals surface area contributed by atoms with E-state index in [2.05, 4.69) is 19.9 Å². The molecule has 4 heteroatoms. The van der Waals surface area contributed by atoms with E-state index in [9.17, 15) is 15.3 Å². The van der Waals surface area contributed by atoms with E-state index in [1.807, 2.05) is 0 Å². The monoisotopic (exact) mass is 338 g/mol. The van der Waals surface area contributed by atoms with Gasteiger partial charge in [-0.15, -0.1) is 0 Å². The molecule has 0 spiro atoms. The molecule has 4 N–H and O–H groups in total. The smallest absolute Gasteiger partial charge is 0.0642 e. The summed E-state index contributed by atoms with van der Waals surface area (Å²) in [6, 6.07) is 0. The molecular formula is C20H34O4. The second-order valence-electron chi connectivity index (χ2n) is 8.08. The van der Waals surface area contributed by atoms with Crippen molar-refractivity contribution in [2.75, 3.05) is 26.4 Å². The van der Waals surface area contributed by atoms with Crippen LogP contribution < -0.4 is 0 Å². The Hall–Kier alpha value is -0.680. The van der Waals surface area contributed by atoms with Gasteiger partial charge in [-0.25, -0.2) is 0 Å². The third kappa shape index (κ3) is 3.48. The standard InChI is InChI=1S/C20H34O4/c1-15-4-3-5-18-19(10-15,13-23)11-16(2)20(18,14-24)8-6-17(12-22)7-9-21/h4,7,16,18,21-24H,3,5-6,8-14H2,1-2H3/b17-7-. The number of aliphatic hydroxyl groups is 4. The summed E-state index contributed by atoms with van der Waals surface area (Å²) in [6.45, 7) is 4.54. The van der Waals surface area contributed by atoms with Gasteiger partial charge >= 0.3 is 0 Å². The Balaban J connectivity index is 2.29. The van der Waals surface area contributed by atoms with Crippen molar-refractivity contribution < 1.29 is 20.4 Å². The average molecular weight is 338 g/mol. The fourth-order valence-electron chi connectivity index (χ4n) is 5.59. The number of fused-ring (bicyclic) bond motifs is 1. The normalized spacial score (nSPS) is 37.1. The molecule has 4 unspecified atom stereocenters. The third-order valence-electron chi connectivity index (χ3n) is 6.81. The molecule has 1 fully saturated rings. The summed E-state index contributed by atoms with van der Waals surface area (Å²) in [5.41, 5.74) is 1.84. The molecule has 24 heavy (non-hydrogen) atoms. The van der Waals surface area contributed by atoms with Gasteiger partial charge in [0.05, 0.1) is 13.2 Å². The van der Waals surface area contributed by atoms with Crippen molar-refractivity contribution in [3.05, 3.63) is 23.3 Å².